The van der Waals surface area contributed by atoms with Crippen LogP contribution < -0.4 is 10.6 Å². The summed E-state index contributed by atoms with van der Waals surface area (Å²) in [6, 6.07) is 0. The summed E-state index contributed by atoms with van der Waals surface area (Å²) in [5, 5.41) is 27.0. The molecule has 0 atom stereocenters. The van der Waals surface area contributed by atoms with Gasteiger partial charge in [-0.3, -0.25) is 29.8 Å². The zero-order valence-electron chi connectivity index (χ0n) is 14.1. The van der Waals surface area contributed by atoms with Gasteiger partial charge in [-0.05, 0) is 12.2 Å². The van der Waals surface area contributed by atoms with Crippen LogP contribution in [0.3, 0.4) is 0 Å². The Morgan fingerprint density at radius 2 is 1.15 bits per heavy atom. The van der Waals surface area contributed by atoms with E-state index >= 15 is 0 Å². The van der Waals surface area contributed by atoms with Crippen LogP contribution in [0.15, 0.2) is 71.4 Å². The summed E-state index contributed by atoms with van der Waals surface area (Å²) in [6.07, 6.45) is 9.58. The molecule has 0 aromatic carbocycles. The molecule has 2 aliphatic carbocycles. The van der Waals surface area contributed by atoms with E-state index in [9.17, 15) is 29.8 Å². The number of rotatable bonds is 7. The van der Waals surface area contributed by atoms with Crippen molar-refractivity contribution >= 4 is 11.6 Å². The van der Waals surface area contributed by atoms with E-state index in [1.807, 2.05) is 0 Å². The van der Waals surface area contributed by atoms with Gasteiger partial charge in [0, 0.05) is 80.4 Å². The zero-order valence-corrected chi connectivity index (χ0v) is 17.1. The molecular weight excluding hydrogens is 410 g/mol. The minimum Gasteiger partial charge on any atom is -0.389 e. The molecule has 0 saturated heterocycles. The molecule has 2 aliphatic rings. The molecule has 0 heterocycles. The number of carbonyl (C=O) groups is 2. The van der Waals surface area contributed by atoms with Gasteiger partial charge >= 0.3 is 0 Å². The molecule has 0 aromatic rings. The Morgan fingerprint density at radius 1 is 0.778 bits per heavy atom. The van der Waals surface area contributed by atoms with Crippen LogP contribution in [0, 0.1) is 20.2 Å². The molecule has 136 valence electrons. The maximum atomic E-state index is 11.6. The summed E-state index contributed by atoms with van der Waals surface area (Å²) < 4.78 is 0. The minimum absolute atomic E-state index is 0. The molecule has 0 bridgehead atoms. The summed E-state index contributed by atoms with van der Waals surface area (Å²) in [7, 11) is 0. The predicted octanol–water partition coefficient (Wildman–Crippen LogP) is 0.530. The van der Waals surface area contributed by atoms with Crippen LogP contribution in [0.2, 0.25) is 0 Å². The van der Waals surface area contributed by atoms with E-state index in [-0.39, 0.29) is 53.6 Å². The standard InChI is InChI=1S/C16H14N4O6.Zn/c21-15-3-1-13(19(23)24)7-11(15)9-17-5-6-18-10-12-8-14(20(25)26)2-4-16(12)22;/h1-4,7-10,17-18H,5-6H2;/b11-9-,12-10-;. The first-order valence-corrected chi connectivity index (χ1v) is 7.42. The normalized spacial score (nSPS) is 18.7. The van der Waals surface area contributed by atoms with Crippen LogP contribution in [0.4, 0.5) is 0 Å². The van der Waals surface area contributed by atoms with Crippen molar-refractivity contribution in [3.8, 4) is 0 Å². The fraction of sp³-hybridized carbons (Fsp3) is 0.125. The van der Waals surface area contributed by atoms with E-state index in [0.717, 1.165) is 24.3 Å². The Morgan fingerprint density at radius 3 is 1.48 bits per heavy atom. The van der Waals surface area contributed by atoms with Crippen molar-refractivity contribution in [2.45, 2.75) is 0 Å². The first-order chi connectivity index (χ1) is 12.4. The average Bonchev–Trinajstić information content (AvgIpc) is 2.60. The van der Waals surface area contributed by atoms with Crippen LogP contribution in [0.5, 0.6) is 0 Å². The molecular formula is C16H14N4O6Zn. The molecule has 0 aromatic heterocycles. The average molecular weight is 424 g/mol. The molecule has 0 spiro atoms. The molecule has 0 radical (unpaired) electrons. The molecule has 27 heavy (non-hydrogen) atoms. The van der Waals surface area contributed by atoms with E-state index in [1.165, 1.54) is 24.6 Å². The number of hydrogen-bond acceptors (Lipinski definition) is 8. The second-order valence-electron chi connectivity index (χ2n) is 5.16. The number of allylic oxidation sites excluding steroid dienone is 8. The fourth-order valence-electron chi connectivity index (χ4n) is 2.03. The third kappa shape index (κ3) is 6.23. The van der Waals surface area contributed by atoms with E-state index in [1.54, 1.807) is 0 Å². The molecule has 0 aliphatic heterocycles. The maximum absolute atomic E-state index is 11.6. The number of nitrogens with zero attached hydrogens (tertiary/aromatic N) is 2. The third-order valence-electron chi connectivity index (χ3n) is 3.34. The van der Waals surface area contributed by atoms with Crippen molar-refractivity contribution < 1.29 is 38.9 Å². The fourth-order valence-corrected chi connectivity index (χ4v) is 2.03. The van der Waals surface area contributed by atoms with Gasteiger partial charge in [0.2, 0.25) is 0 Å². The van der Waals surface area contributed by atoms with Gasteiger partial charge in [-0.2, -0.15) is 0 Å². The second kappa shape index (κ2) is 10.1. The van der Waals surface area contributed by atoms with E-state index < -0.39 is 9.85 Å². The number of hydrogen-bond donors (Lipinski definition) is 2. The Bertz CT molecular complexity index is 781. The zero-order chi connectivity index (χ0) is 19.1. The first kappa shape index (κ1) is 21.8. The molecule has 10 nitrogen and oxygen atoms in total. The Labute approximate surface area is 166 Å². The van der Waals surface area contributed by atoms with Crippen LogP contribution in [0.1, 0.15) is 0 Å². The number of nitrogens with one attached hydrogen (secondary N) is 2. The van der Waals surface area contributed by atoms with Crippen LogP contribution >= 0.6 is 0 Å². The molecule has 0 amide bonds. The molecule has 11 heteroatoms. The van der Waals surface area contributed by atoms with Crippen molar-refractivity contribution in [3.63, 3.8) is 0 Å². The maximum Gasteiger partial charge on any atom is 0.270 e. The summed E-state index contributed by atoms with van der Waals surface area (Å²) in [5.74, 6) is -0.703. The Balaban J connectivity index is 0.00000364. The summed E-state index contributed by atoms with van der Waals surface area (Å²) in [4.78, 5) is 43.4. The van der Waals surface area contributed by atoms with Crippen molar-refractivity contribution in [2.24, 2.45) is 0 Å². The Hall–Kier alpha value is -3.20. The second-order valence-corrected chi connectivity index (χ2v) is 5.16. The van der Waals surface area contributed by atoms with Crippen molar-refractivity contribution in [1.82, 2.24) is 10.6 Å². The van der Waals surface area contributed by atoms with Gasteiger partial charge < -0.3 is 10.6 Å². The number of ketones is 2. The molecule has 0 unspecified atom stereocenters. The summed E-state index contributed by atoms with van der Waals surface area (Å²) in [5.41, 5.74) is -0.0528. The quantitative estimate of drug-likeness (QED) is 0.198. The van der Waals surface area contributed by atoms with Crippen molar-refractivity contribution in [2.75, 3.05) is 13.1 Å². The summed E-state index contributed by atoms with van der Waals surface area (Å²) in [6.45, 7) is 0.698. The molecule has 0 saturated carbocycles. The van der Waals surface area contributed by atoms with E-state index in [0.29, 0.717) is 13.1 Å². The first-order valence-electron chi connectivity index (χ1n) is 7.42. The van der Waals surface area contributed by atoms with Crippen LogP contribution in [-0.4, -0.2) is 34.5 Å². The van der Waals surface area contributed by atoms with E-state index in [2.05, 4.69) is 10.6 Å². The monoisotopic (exact) mass is 422 g/mol. The van der Waals surface area contributed by atoms with Gasteiger partial charge in [-0.25, -0.2) is 0 Å². The number of carbonyl (C=O) groups excluding carboxylic acids is 2. The van der Waals surface area contributed by atoms with E-state index in [4.69, 9.17) is 0 Å². The smallest absolute Gasteiger partial charge is 0.270 e. The van der Waals surface area contributed by atoms with Gasteiger partial charge in [0.1, 0.15) is 0 Å². The van der Waals surface area contributed by atoms with Crippen molar-refractivity contribution in [3.05, 3.63) is 91.6 Å². The predicted molar refractivity (Wildman–Crippen MR) is 90.6 cm³/mol. The van der Waals surface area contributed by atoms with Gasteiger partial charge in [0.25, 0.3) is 11.4 Å². The van der Waals surface area contributed by atoms with Gasteiger partial charge in [0.05, 0.1) is 9.85 Å². The topological polar surface area (TPSA) is 144 Å². The van der Waals surface area contributed by atoms with Gasteiger partial charge in [-0.15, -0.1) is 0 Å². The third-order valence-corrected chi connectivity index (χ3v) is 3.34. The van der Waals surface area contributed by atoms with Crippen molar-refractivity contribution in [1.29, 1.82) is 0 Å². The largest absolute Gasteiger partial charge is 0.389 e. The Kier molecular flexibility index (Phi) is 8.15. The molecule has 2 rings (SSSR count). The van der Waals surface area contributed by atoms with Gasteiger partial charge in [-0.1, -0.05) is 0 Å². The minimum atomic E-state index is -0.590. The molecule has 0 fully saturated rings. The number of nitro groups is 2. The van der Waals surface area contributed by atoms with Gasteiger partial charge in [0.15, 0.2) is 11.6 Å². The van der Waals surface area contributed by atoms with Crippen LogP contribution in [0.25, 0.3) is 0 Å². The SMILES string of the molecule is O=C1C=CC([N+](=O)[O-])=C/C1=C/NCCN/C=C1/C=C([N+](=O)[O-])C=CC1=O.[Zn]. The molecule has 2 N–H and O–H groups in total. The van der Waals surface area contributed by atoms with Crippen LogP contribution in [-0.2, 0) is 29.1 Å². The summed E-state index contributed by atoms with van der Waals surface area (Å²) >= 11 is 0.